The number of carbonyl (C=O) groups excluding carboxylic acids is 1. The molecular formula is C16H20N2O2. The first-order valence-electron chi connectivity index (χ1n) is 6.70. The molecule has 0 saturated carbocycles. The number of nitrogens with one attached hydrogen (secondary N) is 1. The van der Waals surface area contributed by atoms with Crippen molar-refractivity contribution in [3.8, 4) is 0 Å². The molecule has 0 bridgehead atoms. The van der Waals surface area contributed by atoms with Crippen LogP contribution in [-0.4, -0.2) is 23.9 Å². The fourth-order valence-electron chi connectivity index (χ4n) is 2.04. The molecule has 1 N–H and O–H groups in total. The van der Waals surface area contributed by atoms with E-state index in [1.165, 1.54) is 0 Å². The van der Waals surface area contributed by atoms with Gasteiger partial charge in [-0.2, -0.15) is 0 Å². The first-order valence-corrected chi connectivity index (χ1v) is 6.70. The minimum atomic E-state index is -0.00468. The van der Waals surface area contributed by atoms with Crippen molar-refractivity contribution in [2.24, 2.45) is 0 Å². The largest absolute Gasteiger partial charge is 0.472 e. The van der Waals surface area contributed by atoms with Crippen molar-refractivity contribution in [3.63, 3.8) is 0 Å². The zero-order chi connectivity index (χ0) is 14.5. The highest BCUT2D eigenvalue weighted by Crippen LogP contribution is 2.18. The maximum absolute atomic E-state index is 12.5. The minimum Gasteiger partial charge on any atom is -0.472 e. The van der Waals surface area contributed by atoms with Crippen LogP contribution < -0.4 is 5.32 Å². The first kappa shape index (κ1) is 14.2. The summed E-state index contributed by atoms with van der Waals surface area (Å²) >= 11 is 0. The summed E-state index contributed by atoms with van der Waals surface area (Å²) in [5.41, 5.74) is 2.54. The summed E-state index contributed by atoms with van der Waals surface area (Å²) in [4.78, 5) is 14.2. The Morgan fingerprint density at radius 3 is 2.70 bits per heavy atom. The lowest BCUT2D eigenvalue weighted by Gasteiger charge is -2.20. The molecule has 0 aliphatic carbocycles. The van der Waals surface area contributed by atoms with Crippen molar-refractivity contribution in [2.45, 2.75) is 26.4 Å². The van der Waals surface area contributed by atoms with E-state index in [1.54, 1.807) is 24.5 Å². The van der Waals surface area contributed by atoms with Crippen LogP contribution in [0.4, 0.5) is 5.69 Å². The van der Waals surface area contributed by atoms with E-state index in [0.717, 1.165) is 11.3 Å². The normalized spacial score (nSPS) is 10.6. The van der Waals surface area contributed by atoms with Gasteiger partial charge >= 0.3 is 0 Å². The molecule has 20 heavy (non-hydrogen) atoms. The Morgan fingerprint density at radius 1 is 1.30 bits per heavy atom. The van der Waals surface area contributed by atoms with Crippen molar-refractivity contribution < 1.29 is 9.21 Å². The monoisotopic (exact) mass is 272 g/mol. The van der Waals surface area contributed by atoms with E-state index in [9.17, 15) is 4.79 Å². The second kappa shape index (κ2) is 6.28. The number of rotatable bonds is 5. The fraction of sp³-hybridized carbons (Fsp3) is 0.312. The Hall–Kier alpha value is -2.23. The van der Waals surface area contributed by atoms with Crippen LogP contribution in [-0.2, 0) is 6.54 Å². The second-order valence-electron chi connectivity index (χ2n) is 5.14. The summed E-state index contributed by atoms with van der Waals surface area (Å²) in [5.74, 6) is -0.00468. The van der Waals surface area contributed by atoms with E-state index < -0.39 is 0 Å². The Morgan fingerprint density at radius 2 is 2.05 bits per heavy atom. The number of benzene rings is 1. The third-order valence-electron chi connectivity index (χ3n) is 2.95. The van der Waals surface area contributed by atoms with Gasteiger partial charge in [-0.1, -0.05) is 12.1 Å². The van der Waals surface area contributed by atoms with Gasteiger partial charge in [0.05, 0.1) is 18.1 Å². The Balaban J connectivity index is 2.15. The van der Waals surface area contributed by atoms with Crippen molar-refractivity contribution >= 4 is 11.6 Å². The number of hydrogen-bond donors (Lipinski definition) is 1. The number of furan rings is 1. The molecule has 0 atom stereocenters. The number of hydrogen-bond acceptors (Lipinski definition) is 3. The lowest BCUT2D eigenvalue weighted by Crippen LogP contribution is -2.27. The summed E-state index contributed by atoms with van der Waals surface area (Å²) in [5, 5.41) is 3.30. The molecule has 1 aromatic carbocycles. The summed E-state index contributed by atoms with van der Waals surface area (Å²) in [6.45, 7) is 4.64. The quantitative estimate of drug-likeness (QED) is 0.907. The van der Waals surface area contributed by atoms with Gasteiger partial charge in [0.1, 0.15) is 0 Å². The number of anilines is 1. The van der Waals surface area contributed by atoms with Crippen LogP contribution in [0.3, 0.4) is 0 Å². The Labute approximate surface area is 119 Å². The molecule has 0 aliphatic rings. The Bertz CT molecular complexity index is 562. The summed E-state index contributed by atoms with van der Waals surface area (Å²) in [6.07, 6.45) is 3.27. The lowest BCUT2D eigenvalue weighted by atomic mass is 10.1. The molecule has 106 valence electrons. The van der Waals surface area contributed by atoms with Crippen molar-refractivity contribution in [1.29, 1.82) is 0 Å². The molecule has 0 fully saturated rings. The van der Waals surface area contributed by atoms with Crippen molar-refractivity contribution in [2.75, 3.05) is 12.4 Å². The number of para-hydroxylation sites is 1. The molecular weight excluding hydrogens is 252 g/mol. The van der Waals surface area contributed by atoms with Crippen LogP contribution in [0.5, 0.6) is 0 Å². The lowest BCUT2D eigenvalue weighted by molar-refractivity contribution is 0.0786. The molecule has 1 amide bonds. The third kappa shape index (κ3) is 3.41. The molecule has 4 heteroatoms. The molecule has 2 aromatic rings. The van der Waals surface area contributed by atoms with E-state index in [1.807, 2.05) is 30.3 Å². The SMILES string of the molecule is CC(C)Nc1ccccc1C(=O)N(C)Cc1ccoc1. The molecule has 0 saturated heterocycles. The van der Waals surface area contributed by atoms with Gasteiger partial charge in [-0.15, -0.1) is 0 Å². The second-order valence-corrected chi connectivity index (χ2v) is 5.14. The highest BCUT2D eigenvalue weighted by Gasteiger charge is 2.16. The van der Waals surface area contributed by atoms with Gasteiger partial charge in [0.15, 0.2) is 0 Å². The number of nitrogens with zero attached hydrogens (tertiary/aromatic N) is 1. The highest BCUT2D eigenvalue weighted by molar-refractivity contribution is 5.99. The van der Waals surface area contributed by atoms with Crippen LogP contribution in [0.25, 0.3) is 0 Å². The van der Waals surface area contributed by atoms with Gasteiger partial charge in [0.25, 0.3) is 5.91 Å². The molecule has 0 aliphatic heterocycles. The predicted octanol–water partition coefficient (Wildman–Crippen LogP) is 3.37. The molecule has 0 spiro atoms. The number of carbonyl (C=O) groups is 1. The third-order valence-corrected chi connectivity index (χ3v) is 2.95. The molecule has 2 rings (SSSR count). The summed E-state index contributed by atoms with van der Waals surface area (Å²) in [6, 6.07) is 9.73. The average Bonchev–Trinajstić information content (AvgIpc) is 2.90. The van der Waals surface area contributed by atoms with E-state index in [2.05, 4.69) is 19.2 Å². The van der Waals surface area contributed by atoms with Crippen LogP contribution in [0, 0.1) is 0 Å². The van der Waals surface area contributed by atoms with Gasteiger partial charge in [0.2, 0.25) is 0 Å². The van der Waals surface area contributed by atoms with Gasteiger partial charge in [-0.05, 0) is 32.0 Å². The van der Waals surface area contributed by atoms with E-state index in [0.29, 0.717) is 12.1 Å². The molecule has 0 unspecified atom stereocenters. The zero-order valence-corrected chi connectivity index (χ0v) is 12.1. The predicted molar refractivity (Wildman–Crippen MR) is 79.7 cm³/mol. The molecule has 1 heterocycles. The van der Waals surface area contributed by atoms with Gasteiger partial charge < -0.3 is 14.6 Å². The average molecular weight is 272 g/mol. The Kier molecular flexibility index (Phi) is 4.45. The van der Waals surface area contributed by atoms with Gasteiger partial charge in [-0.3, -0.25) is 4.79 Å². The maximum atomic E-state index is 12.5. The summed E-state index contributed by atoms with van der Waals surface area (Å²) in [7, 11) is 1.79. The number of amides is 1. The highest BCUT2D eigenvalue weighted by atomic mass is 16.3. The van der Waals surface area contributed by atoms with Crippen molar-refractivity contribution in [3.05, 3.63) is 54.0 Å². The standard InChI is InChI=1S/C16H20N2O2/c1-12(2)17-15-7-5-4-6-14(15)16(19)18(3)10-13-8-9-20-11-13/h4-9,11-12,17H,10H2,1-3H3. The van der Waals surface area contributed by atoms with E-state index >= 15 is 0 Å². The molecule has 1 aromatic heterocycles. The first-order chi connectivity index (χ1) is 9.58. The topological polar surface area (TPSA) is 45.5 Å². The maximum Gasteiger partial charge on any atom is 0.255 e. The summed E-state index contributed by atoms with van der Waals surface area (Å²) < 4.78 is 5.03. The van der Waals surface area contributed by atoms with Crippen molar-refractivity contribution in [1.82, 2.24) is 4.90 Å². The van der Waals surface area contributed by atoms with Gasteiger partial charge in [0, 0.05) is 30.9 Å². The van der Waals surface area contributed by atoms with Gasteiger partial charge in [-0.25, -0.2) is 0 Å². The van der Waals surface area contributed by atoms with Crippen LogP contribution in [0.1, 0.15) is 29.8 Å². The molecule has 0 radical (unpaired) electrons. The van der Waals surface area contributed by atoms with Crippen LogP contribution in [0.15, 0.2) is 47.3 Å². The van der Waals surface area contributed by atoms with E-state index in [-0.39, 0.29) is 11.9 Å². The van der Waals surface area contributed by atoms with E-state index in [4.69, 9.17) is 4.42 Å². The smallest absolute Gasteiger partial charge is 0.255 e. The zero-order valence-electron chi connectivity index (χ0n) is 12.1. The molecule has 4 nitrogen and oxygen atoms in total. The van der Waals surface area contributed by atoms with Crippen LogP contribution >= 0.6 is 0 Å². The minimum absolute atomic E-state index is 0.00468. The fourth-order valence-corrected chi connectivity index (χ4v) is 2.04. The van der Waals surface area contributed by atoms with Crippen LogP contribution in [0.2, 0.25) is 0 Å².